The van der Waals surface area contributed by atoms with Crippen molar-refractivity contribution in [2.24, 2.45) is 0 Å². The van der Waals surface area contributed by atoms with Crippen LogP contribution in [-0.4, -0.2) is 37.8 Å². The normalized spacial score (nSPS) is 15.6. The Morgan fingerprint density at radius 2 is 2.10 bits per heavy atom. The number of carbonyl (C=O) groups excluding carboxylic acids is 1. The second kappa shape index (κ2) is 7.07. The van der Waals surface area contributed by atoms with E-state index in [2.05, 4.69) is 6.92 Å². The molecule has 20 heavy (non-hydrogen) atoms. The molecule has 1 aliphatic heterocycles. The molecule has 0 spiro atoms. The lowest BCUT2D eigenvalue weighted by Crippen LogP contribution is -2.39. The molecule has 1 saturated heterocycles. The van der Waals surface area contributed by atoms with E-state index in [1.165, 1.54) is 5.56 Å². The van der Waals surface area contributed by atoms with E-state index in [9.17, 15) is 4.79 Å². The van der Waals surface area contributed by atoms with E-state index in [4.69, 9.17) is 21.1 Å². The van der Waals surface area contributed by atoms with Gasteiger partial charge < -0.3 is 14.4 Å². The molecule has 1 aromatic carbocycles. The maximum Gasteiger partial charge on any atom is 0.242 e. The fraction of sp³-hybridized carbons (Fsp3) is 0.533. The van der Waals surface area contributed by atoms with Crippen molar-refractivity contribution in [2.75, 3.05) is 30.5 Å². The van der Waals surface area contributed by atoms with Gasteiger partial charge in [-0.2, -0.15) is 0 Å². The first kappa shape index (κ1) is 15.3. The minimum Gasteiger partial charge on any atom is -0.348 e. The van der Waals surface area contributed by atoms with Gasteiger partial charge in [-0.15, -0.1) is 11.6 Å². The summed E-state index contributed by atoms with van der Waals surface area (Å²) < 4.78 is 10.9. The molecule has 5 heteroatoms. The SMILES string of the molecule is CCc1c(C)cccc1N(CC1OCCO1)C(=O)CCl. The third kappa shape index (κ3) is 3.32. The van der Waals surface area contributed by atoms with Crippen LogP contribution in [0.1, 0.15) is 18.1 Å². The van der Waals surface area contributed by atoms with Crippen LogP contribution in [0.4, 0.5) is 5.69 Å². The maximum atomic E-state index is 12.2. The van der Waals surface area contributed by atoms with Gasteiger partial charge >= 0.3 is 0 Å². The molecule has 110 valence electrons. The first-order chi connectivity index (χ1) is 9.67. The van der Waals surface area contributed by atoms with Crippen LogP contribution in [0.3, 0.4) is 0 Å². The lowest BCUT2D eigenvalue weighted by atomic mass is 10.0. The zero-order valence-corrected chi connectivity index (χ0v) is 12.7. The van der Waals surface area contributed by atoms with Gasteiger partial charge in [0.05, 0.1) is 19.8 Å². The number of hydrogen-bond acceptors (Lipinski definition) is 3. The van der Waals surface area contributed by atoms with Crippen molar-refractivity contribution in [2.45, 2.75) is 26.6 Å². The van der Waals surface area contributed by atoms with E-state index in [0.717, 1.165) is 17.7 Å². The zero-order chi connectivity index (χ0) is 14.5. The van der Waals surface area contributed by atoms with Crippen LogP contribution in [0.5, 0.6) is 0 Å². The van der Waals surface area contributed by atoms with E-state index in [0.29, 0.717) is 19.8 Å². The Balaban J connectivity index is 2.30. The molecular formula is C15H20ClNO3. The van der Waals surface area contributed by atoms with Crippen molar-refractivity contribution in [3.05, 3.63) is 29.3 Å². The van der Waals surface area contributed by atoms with Gasteiger partial charge in [0.15, 0.2) is 6.29 Å². The number of alkyl halides is 1. The molecule has 0 N–H and O–H groups in total. The Kier molecular flexibility index (Phi) is 5.40. The van der Waals surface area contributed by atoms with Crippen LogP contribution in [0.25, 0.3) is 0 Å². The van der Waals surface area contributed by atoms with E-state index >= 15 is 0 Å². The number of nitrogens with zero attached hydrogens (tertiary/aromatic N) is 1. The number of anilines is 1. The summed E-state index contributed by atoms with van der Waals surface area (Å²) in [4.78, 5) is 13.8. The van der Waals surface area contributed by atoms with Gasteiger partial charge in [0.1, 0.15) is 5.88 Å². The first-order valence-corrected chi connectivity index (χ1v) is 7.38. The molecule has 0 atom stereocenters. The second-order valence-electron chi connectivity index (χ2n) is 4.74. The molecule has 1 heterocycles. The molecule has 4 nitrogen and oxygen atoms in total. The van der Waals surface area contributed by atoms with Gasteiger partial charge in [0.2, 0.25) is 5.91 Å². The van der Waals surface area contributed by atoms with Crippen molar-refractivity contribution < 1.29 is 14.3 Å². The molecule has 2 rings (SSSR count). The van der Waals surface area contributed by atoms with Gasteiger partial charge in [-0.3, -0.25) is 4.79 Å². The maximum absolute atomic E-state index is 12.2. The quantitative estimate of drug-likeness (QED) is 0.784. The van der Waals surface area contributed by atoms with Crippen LogP contribution < -0.4 is 4.90 Å². The van der Waals surface area contributed by atoms with Gasteiger partial charge in [0.25, 0.3) is 0 Å². The smallest absolute Gasteiger partial charge is 0.242 e. The van der Waals surface area contributed by atoms with Crippen LogP contribution in [0.2, 0.25) is 0 Å². The summed E-state index contributed by atoms with van der Waals surface area (Å²) in [7, 11) is 0. The summed E-state index contributed by atoms with van der Waals surface area (Å²) in [6.45, 7) is 5.65. The highest BCUT2D eigenvalue weighted by Gasteiger charge is 2.25. The Morgan fingerprint density at radius 3 is 2.70 bits per heavy atom. The molecule has 0 saturated carbocycles. The first-order valence-electron chi connectivity index (χ1n) is 6.85. The van der Waals surface area contributed by atoms with E-state index < -0.39 is 0 Å². The van der Waals surface area contributed by atoms with Crippen LogP contribution >= 0.6 is 11.6 Å². The molecule has 0 aromatic heterocycles. The topological polar surface area (TPSA) is 38.8 Å². The summed E-state index contributed by atoms with van der Waals surface area (Å²) in [6.07, 6.45) is 0.493. The Hall–Kier alpha value is -1.10. The number of halogens is 1. The van der Waals surface area contributed by atoms with Crippen LogP contribution in [-0.2, 0) is 20.7 Å². The summed E-state index contributed by atoms with van der Waals surface area (Å²) in [6, 6.07) is 5.95. The number of hydrogen-bond donors (Lipinski definition) is 0. The Labute approximate surface area is 124 Å². The molecule has 1 fully saturated rings. The molecule has 0 bridgehead atoms. The highest BCUT2D eigenvalue weighted by Crippen LogP contribution is 2.26. The third-order valence-corrected chi connectivity index (χ3v) is 3.70. The van der Waals surface area contributed by atoms with Gasteiger partial charge in [0, 0.05) is 5.69 Å². The van der Waals surface area contributed by atoms with Crippen LogP contribution in [0.15, 0.2) is 18.2 Å². The van der Waals surface area contributed by atoms with Crippen molar-refractivity contribution in [1.82, 2.24) is 0 Å². The standard InChI is InChI=1S/C15H20ClNO3/c1-3-12-11(2)5-4-6-13(12)17(14(18)9-16)10-15-19-7-8-20-15/h4-6,15H,3,7-10H2,1-2H3. The lowest BCUT2D eigenvalue weighted by Gasteiger charge is -2.27. The second-order valence-corrected chi connectivity index (χ2v) is 5.00. The molecule has 1 aromatic rings. The number of carbonyl (C=O) groups is 1. The summed E-state index contributed by atoms with van der Waals surface area (Å²) in [5, 5.41) is 0. The monoisotopic (exact) mass is 297 g/mol. The number of aryl methyl sites for hydroxylation is 1. The van der Waals surface area contributed by atoms with Crippen LogP contribution in [0, 0.1) is 6.92 Å². The highest BCUT2D eigenvalue weighted by molar-refractivity contribution is 6.29. The minimum atomic E-state index is -0.368. The Morgan fingerprint density at radius 1 is 1.40 bits per heavy atom. The lowest BCUT2D eigenvalue weighted by molar-refractivity contribution is -0.117. The van der Waals surface area contributed by atoms with Crippen molar-refractivity contribution in [1.29, 1.82) is 0 Å². The molecule has 0 radical (unpaired) electrons. The average Bonchev–Trinajstić information content (AvgIpc) is 2.96. The number of benzene rings is 1. The van der Waals surface area contributed by atoms with E-state index in [-0.39, 0.29) is 18.1 Å². The number of rotatable bonds is 5. The summed E-state index contributed by atoms with van der Waals surface area (Å²) in [5.74, 6) is -0.185. The van der Waals surface area contributed by atoms with Crippen molar-refractivity contribution in [3.8, 4) is 0 Å². The predicted molar refractivity (Wildman–Crippen MR) is 79.3 cm³/mol. The molecular weight excluding hydrogens is 278 g/mol. The Bertz CT molecular complexity index is 472. The van der Waals surface area contributed by atoms with Crippen molar-refractivity contribution in [3.63, 3.8) is 0 Å². The zero-order valence-electron chi connectivity index (χ0n) is 11.9. The van der Waals surface area contributed by atoms with Gasteiger partial charge in [-0.1, -0.05) is 19.1 Å². The summed E-state index contributed by atoms with van der Waals surface area (Å²) >= 11 is 5.74. The summed E-state index contributed by atoms with van der Waals surface area (Å²) in [5.41, 5.74) is 3.23. The third-order valence-electron chi connectivity index (χ3n) is 3.47. The fourth-order valence-corrected chi connectivity index (χ4v) is 2.61. The van der Waals surface area contributed by atoms with Crippen molar-refractivity contribution >= 4 is 23.2 Å². The van der Waals surface area contributed by atoms with Gasteiger partial charge in [-0.05, 0) is 30.5 Å². The fourth-order valence-electron chi connectivity index (χ4n) is 2.47. The highest BCUT2D eigenvalue weighted by atomic mass is 35.5. The molecule has 0 aliphatic carbocycles. The predicted octanol–water partition coefficient (Wildman–Crippen LogP) is 2.50. The number of amides is 1. The largest absolute Gasteiger partial charge is 0.348 e. The molecule has 1 aliphatic rings. The van der Waals surface area contributed by atoms with E-state index in [1.54, 1.807) is 4.90 Å². The van der Waals surface area contributed by atoms with E-state index in [1.807, 2.05) is 25.1 Å². The van der Waals surface area contributed by atoms with Gasteiger partial charge in [-0.25, -0.2) is 0 Å². The number of ether oxygens (including phenoxy) is 2. The molecule has 1 amide bonds. The molecule has 0 unspecified atom stereocenters. The minimum absolute atomic E-state index is 0.0518. The average molecular weight is 298 g/mol.